The molecule has 134 valence electrons. The van der Waals surface area contributed by atoms with Gasteiger partial charge in [0.2, 0.25) is 11.7 Å². The number of benzene rings is 1. The largest absolute Gasteiger partial charge is 0.485 e. The van der Waals surface area contributed by atoms with Crippen molar-refractivity contribution in [2.24, 2.45) is 5.92 Å². The minimum Gasteiger partial charge on any atom is -0.485 e. The van der Waals surface area contributed by atoms with Crippen molar-refractivity contribution in [2.45, 2.75) is 32.8 Å². The van der Waals surface area contributed by atoms with E-state index in [4.69, 9.17) is 9.26 Å². The topological polar surface area (TPSA) is 89.3 Å². The molecule has 0 saturated carbocycles. The lowest BCUT2D eigenvalue weighted by molar-refractivity contribution is 0.0951. The first-order valence-electron chi connectivity index (χ1n) is 8.78. The molecule has 1 unspecified atom stereocenters. The summed E-state index contributed by atoms with van der Waals surface area (Å²) in [7, 11) is 0. The summed E-state index contributed by atoms with van der Waals surface area (Å²) in [4.78, 5) is 16.3. The highest BCUT2D eigenvalue weighted by Crippen LogP contribution is 2.14. The first-order chi connectivity index (χ1) is 12.2. The van der Waals surface area contributed by atoms with Gasteiger partial charge in [0.25, 0.3) is 5.91 Å². The van der Waals surface area contributed by atoms with Crippen LogP contribution in [0.2, 0.25) is 0 Å². The number of nitrogens with one attached hydrogen (secondary N) is 2. The number of aryl methyl sites for hydroxylation is 1. The van der Waals surface area contributed by atoms with Gasteiger partial charge in [0, 0.05) is 18.5 Å². The second-order valence-corrected chi connectivity index (χ2v) is 6.17. The Bertz CT molecular complexity index is 678. The summed E-state index contributed by atoms with van der Waals surface area (Å²) in [5.41, 5.74) is 0.629. The highest BCUT2D eigenvalue weighted by molar-refractivity contribution is 5.94. The summed E-state index contributed by atoms with van der Waals surface area (Å²) in [5, 5.41) is 10.1. The second kappa shape index (κ2) is 8.62. The van der Waals surface area contributed by atoms with Crippen molar-refractivity contribution in [3.8, 4) is 5.75 Å². The van der Waals surface area contributed by atoms with Gasteiger partial charge >= 0.3 is 0 Å². The maximum atomic E-state index is 12.1. The molecule has 0 radical (unpaired) electrons. The lowest BCUT2D eigenvalue weighted by Crippen LogP contribution is -2.26. The number of carbonyl (C=O) groups excluding carboxylic acids is 1. The van der Waals surface area contributed by atoms with Gasteiger partial charge in [0.05, 0.1) is 0 Å². The molecule has 7 nitrogen and oxygen atoms in total. The third-order valence-corrected chi connectivity index (χ3v) is 4.30. The van der Waals surface area contributed by atoms with Crippen LogP contribution in [-0.2, 0) is 13.0 Å². The summed E-state index contributed by atoms with van der Waals surface area (Å²) < 4.78 is 10.6. The van der Waals surface area contributed by atoms with Crippen LogP contribution in [0.25, 0.3) is 0 Å². The molecular formula is C18H24N4O3. The smallest absolute Gasteiger partial charge is 0.251 e. The predicted octanol–water partition coefficient (Wildman–Crippen LogP) is 1.94. The van der Waals surface area contributed by atoms with Crippen LogP contribution in [-0.4, -0.2) is 35.7 Å². The van der Waals surface area contributed by atoms with E-state index in [1.54, 1.807) is 24.3 Å². The van der Waals surface area contributed by atoms with Crippen molar-refractivity contribution < 1.29 is 14.1 Å². The van der Waals surface area contributed by atoms with Gasteiger partial charge in [-0.15, -0.1) is 0 Å². The van der Waals surface area contributed by atoms with Gasteiger partial charge in [0.1, 0.15) is 5.75 Å². The summed E-state index contributed by atoms with van der Waals surface area (Å²) >= 11 is 0. The Morgan fingerprint density at radius 2 is 2.24 bits per heavy atom. The van der Waals surface area contributed by atoms with Gasteiger partial charge in [-0.25, -0.2) is 0 Å². The summed E-state index contributed by atoms with van der Waals surface area (Å²) in [6, 6.07) is 7.07. The molecule has 3 rings (SSSR count). The van der Waals surface area contributed by atoms with E-state index in [-0.39, 0.29) is 12.5 Å². The van der Waals surface area contributed by atoms with Crippen molar-refractivity contribution in [1.29, 1.82) is 0 Å². The molecule has 1 aliphatic heterocycles. The minimum atomic E-state index is -0.0525. The fraction of sp³-hybridized carbons (Fsp3) is 0.500. The Balaban J connectivity index is 1.43. The molecule has 1 fully saturated rings. The van der Waals surface area contributed by atoms with E-state index < -0.39 is 0 Å². The van der Waals surface area contributed by atoms with Crippen LogP contribution in [0.5, 0.6) is 5.75 Å². The Hall–Kier alpha value is -2.41. The zero-order chi connectivity index (χ0) is 17.5. The molecule has 1 aromatic carbocycles. The quantitative estimate of drug-likeness (QED) is 0.761. The van der Waals surface area contributed by atoms with Crippen molar-refractivity contribution in [2.75, 3.05) is 19.6 Å². The number of ether oxygens (including phenoxy) is 1. The van der Waals surface area contributed by atoms with Crippen molar-refractivity contribution in [3.05, 3.63) is 41.5 Å². The Morgan fingerprint density at radius 1 is 1.40 bits per heavy atom. The molecule has 1 atom stereocenters. The molecule has 25 heavy (non-hydrogen) atoms. The van der Waals surface area contributed by atoms with Crippen LogP contribution in [0.4, 0.5) is 0 Å². The highest BCUT2D eigenvalue weighted by atomic mass is 16.5. The zero-order valence-corrected chi connectivity index (χ0v) is 14.5. The summed E-state index contributed by atoms with van der Waals surface area (Å²) in [6.07, 6.45) is 2.92. The molecule has 2 N–H and O–H groups in total. The Kier molecular flexibility index (Phi) is 6.00. The van der Waals surface area contributed by atoms with Gasteiger partial charge in [-0.2, -0.15) is 4.98 Å². The lowest BCUT2D eigenvalue weighted by Gasteiger charge is -2.10. The van der Waals surface area contributed by atoms with E-state index in [2.05, 4.69) is 20.8 Å². The Morgan fingerprint density at radius 3 is 2.92 bits per heavy atom. The van der Waals surface area contributed by atoms with Crippen LogP contribution in [0.1, 0.15) is 41.8 Å². The number of carbonyl (C=O) groups is 1. The predicted molar refractivity (Wildman–Crippen MR) is 92.4 cm³/mol. The van der Waals surface area contributed by atoms with Crippen LogP contribution < -0.4 is 15.4 Å². The second-order valence-electron chi connectivity index (χ2n) is 6.17. The fourth-order valence-electron chi connectivity index (χ4n) is 2.80. The SMILES string of the molecule is CCc1nc(COc2ccc(C(=O)NCCC3CCNC3)cc2)no1. The average molecular weight is 344 g/mol. The van der Waals surface area contributed by atoms with E-state index in [9.17, 15) is 4.79 Å². The molecule has 1 aliphatic rings. The fourth-order valence-corrected chi connectivity index (χ4v) is 2.80. The molecule has 2 aromatic rings. The third-order valence-electron chi connectivity index (χ3n) is 4.30. The molecule has 0 spiro atoms. The van der Waals surface area contributed by atoms with Crippen molar-refractivity contribution in [1.82, 2.24) is 20.8 Å². The standard InChI is InChI=1S/C18H24N4O3/c1-2-17-21-16(22-25-17)12-24-15-5-3-14(4-6-15)18(23)20-10-8-13-7-9-19-11-13/h3-6,13,19H,2,7-12H2,1H3,(H,20,23). The maximum Gasteiger partial charge on any atom is 0.251 e. The number of rotatable bonds is 8. The zero-order valence-electron chi connectivity index (χ0n) is 14.5. The molecular weight excluding hydrogens is 320 g/mol. The van der Waals surface area contributed by atoms with Gasteiger partial charge < -0.3 is 19.9 Å². The highest BCUT2D eigenvalue weighted by Gasteiger charge is 2.14. The van der Waals surface area contributed by atoms with Crippen LogP contribution in [0.15, 0.2) is 28.8 Å². The average Bonchev–Trinajstić information content (AvgIpc) is 3.32. The van der Waals surface area contributed by atoms with Crippen molar-refractivity contribution in [3.63, 3.8) is 0 Å². The van der Waals surface area contributed by atoms with Crippen LogP contribution >= 0.6 is 0 Å². The molecule has 1 saturated heterocycles. The first kappa shape index (κ1) is 17.4. The van der Waals surface area contributed by atoms with Gasteiger partial charge in [0.15, 0.2) is 6.61 Å². The Labute approximate surface area is 147 Å². The minimum absolute atomic E-state index is 0.0525. The van der Waals surface area contributed by atoms with Gasteiger partial charge in [-0.05, 0) is 56.1 Å². The van der Waals surface area contributed by atoms with E-state index in [1.807, 2.05) is 6.92 Å². The van der Waals surface area contributed by atoms with E-state index in [0.29, 0.717) is 41.9 Å². The normalized spacial score (nSPS) is 16.8. The monoisotopic (exact) mass is 344 g/mol. The number of hydrogen-bond donors (Lipinski definition) is 2. The van der Waals surface area contributed by atoms with Crippen LogP contribution in [0.3, 0.4) is 0 Å². The molecule has 2 heterocycles. The number of hydrogen-bond acceptors (Lipinski definition) is 6. The number of amides is 1. The molecule has 0 aliphatic carbocycles. The molecule has 1 amide bonds. The number of nitrogens with zero attached hydrogens (tertiary/aromatic N) is 2. The van der Waals surface area contributed by atoms with E-state index >= 15 is 0 Å². The van der Waals surface area contributed by atoms with Gasteiger partial charge in [-0.1, -0.05) is 12.1 Å². The maximum absolute atomic E-state index is 12.1. The third kappa shape index (κ3) is 5.03. The van der Waals surface area contributed by atoms with Gasteiger partial charge in [-0.3, -0.25) is 4.79 Å². The molecule has 0 bridgehead atoms. The van der Waals surface area contributed by atoms with E-state index in [0.717, 1.165) is 19.5 Å². The summed E-state index contributed by atoms with van der Waals surface area (Å²) in [6.45, 7) is 5.05. The molecule has 7 heteroatoms. The van der Waals surface area contributed by atoms with Crippen LogP contribution in [0, 0.1) is 5.92 Å². The number of aromatic nitrogens is 2. The summed E-state index contributed by atoms with van der Waals surface area (Å²) in [5.74, 6) is 2.40. The van der Waals surface area contributed by atoms with E-state index in [1.165, 1.54) is 6.42 Å². The molecule has 1 aromatic heterocycles. The first-order valence-corrected chi connectivity index (χ1v) is 8.78. The lowest BCUT2D eigenvalue weighted by atomic mass is 10.1. The van der Waals surface area contributed by atoms with Crippen molar-refractivity contribution >= 4 is 5.91 Å².